The second-order valence-electron chi connectivity index (χ2n) is 11.7. The summed E-state index contributed by atoms with van der Waals surface area (Å²) in [7, 11) is 2.15. The molecule has 3 N–H and O–H groups in total. The molecule has 3 aliphatic heterocycles. The maximum absolute atomic E-state index is 13.3. The van der Waals surface area contributed by atoms with Crippen LogP contribution in [0.2, 0.25) is 0 Å². The van der Waals surface area contributed by atoms with Crippen LogP contribution < -0.4 is 16.0 Å². The van der Waals surface area contributed by atoms with Gasteiger partial charge in [-0.2, -0.15) is 5.10 Å². The summed E-state index contributed by atoms with van der Waals surface area (Å²) in [5.41, 5.74) is 6.18. The molecule has 7 rings (SSSR count). The van der Waals surface area contributed by atoms with E-state index in [1.807, 2.05) is 29.1 Å². The fourth-order valence-electron chi connectivity index (χ4n) is 6.83. The molecule has 0 bridgehead atoms. The average Bonchev–Trinajstić information content (AvgIpc) is 3.56. The molecule has 1 amide bonds. The zero-order chi connectivity index (χ0) is 27.3. The number of amides is 1. The number of ketones is 1. The molecule has 0 unspecified atom stereocenters. The van der Waals surface area contributed by atoms with E-state index < -0.39 is 0 Å². The van der Waals surface area contributed by atoms with Gasteiger partial charge in [0.2, 0.25) is 0 Å². The molecule has 2 aromatic heterocycles. The molecule has 206 valence electrons. The standard InChI is InChI=1S/C31H35N7O2/c1-37-12-7-31(8-13-37)16-28(39)25-3-2-20(15-27(25)31)24-6-11-33-29-26(24)14-21(17-34-29)30(40)36-22-18-35-38(19-22)23-4-9-32-10-5-23/h2-3,6,14-15,17-19,23,32H,4-5,7-13,16H2,1H3,(H,33,34)(H,36,40). The van der Waals surface area contributed by atoms with Gasteiger partial charge < -0.3 is 20.9 Å². The molecule has 1 aromatic carbocycles. The van der Waals surface area contributed by atoms with Gasteiger partial charge in [-0.15, -0.1) is 0 Å². The lowest BCUT2D eigenvalue weighted by Crippen LogP contribution is -2.39. The highest BCUT2D eigenvalue weighted by Crippen LogP contribution is 2.47. The maximum atomic E-state index is 13.3. The Morgan fingerprint density at radius 3 is 2.75 bits per heavy atom. The molecular formula is C31H35N7O2. The second-order valence-corrected chi connectivity index (χ2v) is 11.7. The Hall–Kier alpha value is -3.82. The Morgan fingerprint density at radius 1 is 1.10 bits per heavy atom. The first kappa shape index (κ1) is 25.2. The average molecular weight is 538 g/mol. The highest BCUT2D eigenvalue weighted by Gasteiger charge is 2.44. The highest BCUT2D eigenvalue weighted by atomic mass is 16.1. The third-order valence-electron chi connectivity index (χ3n) is 9.20. The summed E-state index contributed by atoms with van der Waals surface area (Å²) in [5.74, 6) is 0.808. The molecule has 9 heteroatoms. The van der Waals surface area contributed by atoms with Crippen molar-refractivity contribution in [2.45, 2.75) is 43.6 Å². The first-order chi connectivity index (χ1) is 19.5. The molecule has 0 atom stereocenters. The Balaban J connectivity index is 1.15. The minimum absolute atomic E-state index is 0.0657. The molecule has 1 spiro atoms. The molecule has 5 heterocycles. The van der Waals surface area contributed by atoms with Crippen LogP contribution in [-0.4, -0.2) is 71.1 Å². The van der Waals surface area contributed by atoms with E-state index in [1.165, 1.54) is 5.56 Å². The fourth-order valence-corrected chi connectivity index (χ4v) is 6.83. The van der Waals surface area contributed by atoms with Gasteiger partial charge in [-0.05, 0) is 87.7 Å². The van der Waals surface area contributed by atoms with E-state index in [0.29, 0.717) is 30.3 Å². The number of hydrogen-bond donors (Lipinski definition) is 3. The molecule has 1 aliphatic carbocycles. The molecule has 2 fully saturated rings. The molecule has 3 aromatic rings. The summed E-state index contributed by atoms with van der Waals surface area (Å²) in [5, 5.41) is 14.2. The Kier molecular flexibility index (Phi) is 6.28. The highest BCUT2D eigenvalue weighted by molar-refractivity contribution is 6.06. The number of fused-ring (bicyclic) bond motifs is 3. The van der Waals surface area contributed by atoms with Gasteiger partial charge in [0.05, 0.1) is 23.5 Å². The first-order valence-corrected chi connectivity index (χ1v) is 14.4. The molecule has 2 saturated heterocycles. The van der Waals surface area contributed by atoms with Gasteiger partial charge in [0, 0.05) is 41.9 Å². The third-order valence-corrected chi connectivity index (χ3v) is 9.20. The summed E-state index contributed by atoms with van der Waals surface area (Å²) in [4.78, 5) is 33.2. The maximum Gasteiger partial charge on any atom is 0.257 e. The molecule has 0 radical (unpaired) electrons. The number of pyridine rings is 1. The number of Topliss-reactive ketones (excluding diaryl/α,β-unsaturated/α-hetero) is 1. The van der Waals surface area contributed by atoms with E-state index >= 15 is 0 Å². The summed E-state index contributed by atoms with van der Waals surface area (Å²) >= 11 is 0. The molecular weight excluding hydrogens is 502 g/mol. The van der Waals surface area contributed by atoms with Crippen molar-refractivity contribution in [3.63, 3.8) is 0 Å². The number of nitrogens with zero attached hydrogens (tertiary/aromatic N) is 4. The number of anilines is 2. The van der Waals surface area contributed by atoms with Crippen LogP contribution >= 0.6 is 0 Å². The quantitative estimate of drug-likeness (QED) is 0.464. The lowest BCUT2D eigenvalue weighted by molar-refractivity contribution is 0.0945. The minimum Gasteiger partial charge on any atom is -0.366 e. The number of likely N-dealkylation sites (tertiary alicyclic amines) is 1. The normalized spacial score (nSPS) is 20.5. The van der Waals surface area contributed by atoms with Gasteiger partial charge in [0.25, 0.3) is 5.91 Å². The van der Waals surface area contributed by atoms with Gasteiger partial charge in [0.1, 0.15) is 5.82 Å². The van der Waals surface area contributed by atoms with Crippen molar-refractivity contribution in [3.8, 4) is 0 Å². The van der Waals surface area contributed by atoms with Gasteiger partial charge >= 0.3 is 0 Å². The zero-order valence-corrected chi connectivity index (χ0v) is 22.9. The van der Waals surface area contributed by atoms with Crippen molar-refractivity contribution in [3.05, 3.63) is 76.7 Å². The number of carbonyl (C=O) groups excluding carboxylic acids is 2. The second kappa shape index (κ2) is 9.98. The van der Waals surface area contributed by atoms with Gasteiger partial charge in [-0.3, -0.25) is 14.3 Å². The predicted octanol–water partition coefficient (Wildman–Crippen LogP) is 3.86. The summed E-state index contributed by atoms with van der Waals surface area (Å²) in [6.07, 6.45) is 12.1. The number of nitrogens with one attached hydrogen (secondary N) is 3. The number of hydrogen-bond acceptors (Lipinski definition) is 7. The van der Waals surface area contributed by atoms with Crippen LogP contribution in [0.15, 0.2) is 48.9 Å². The van der Waals surface area contributed by atoms with Crippen molar-refractivity contribution in [2.24, 2.45) is 0 Å². The van der Waals surface area contributed by atoms with Crippen LogP contribution in [0, 0.1) is 0 Å². The Bertz CT molecular complexity index is 1510. The molecule has 9 nitrogen and oxygen atoms in total. The number of aromatic nitrogens is 3. The topological polar surface area (TPSA) is 104 Å². The van der Waals surface area contributed by atoms with E-state index in [2.05, 4.69) is 50.1 Å². The van der Waals surface area contributed by atoms with Crippen molar-refractivity contribution in [2.75, 3.05) is 50.4 Å². The molecule has 4 aliphatic rings. The van der Waals surface area contributed by atoms with Crippen LogP contribution in [-0.2, 0) is 5.41 Å². The van der Waals surface area contributed by atoms with Gasteiger partial charge in [-0.1, -0.05) is 18.2 Å². The van der Waals surface area contributed by atoms with E-state index in [1.54, 1.807) is 12.4 Å². The lowest BCUT2D eigenvalue weighted by Gasteiger charge is -2.38. The smallest absolute Gasteiger partial charge is 0.257 e. The number of piperidine rings is 2. The Morgan fingerprint density at radius 2 is 1.93 bits per heavy atom. The lowest BCUT2D eigenvalue weighted by atomic mass is 9.73. The van der Waals surface area contributed by atoms with Crippen LogP contribution in [0.3, 0.4) is 0 Å². The van der Waals surface area contributed by atoms with Crippen molar-refractivity contribution in [1.82, 2.24) is 25.0 Å². The minimum atomic E-state index is -0.213. The van der Waals surface area contributed by atoms with Gasteiger partial charge in [0.15, 0.2) is 5.78 Å². The Labute approximate surface area is 234 Å². The monoisotopic (exact) mass is 537 g/mol. The van der Waals surface area contributed by atoms with Crippen LogP contribution in [0.4, 0.5) is 11.5 Å². The predicted molar refractivity (Wildman–Crippen MR) is 155 cm³/mol. The third kappa shape index (κ3) is 4.43. The summed E-state index contributed by atoms with van der Waals surface area (Å²) in [6, 6.07) is 8.55. The number of benzene rings is 1. The largest absolute Gasteiger partial charge is 0.366 e. The van der Waals surface area contributed by atoms with Crippen molar-refractivity contribution in [1.29, 1.82) is 0 Å². The van der Waals surface area contributed by atoms with Crippen LogP contribution in [0.5, 0.6) is 0 Å². The van der Waals surface area contributed by atoms with Gasteiger partial charge in [-0.25, -0.2) is 4.98 Å². The summed E-state index contributed by atoms with van der Waals surface area (Å²) in [6.45, 7) is 4.63. The van der Waals surface area contributed by atoms with E-state index in [9.17, 15) is 9.59 Å². The fraction of sp³-hybridized carbons (Fsp3) is 0.419. The van der Waals surface area contributed by atoms with E-state index in [0.717, 1.165) is 79.9 Å². The van der Waals surface area contributed by atoms with Crippen LogP contribution in [0.25, 0.3) is 5.57 Å². The number of rotatable bonds is 4. The molecule has 40 heavy (non-hydrogen) atoms. The SMILES string of the molecule is CN1CCC2(CC1)CC(=O)c1ccc(C3=CCNc4ncc(C(=O)Nc5cnn(C6CCNCC6)c5)cc43)cc12. The number of carbonyl (C=O) groups is 2. The van der Waals surface area contributed by atoms with Crippen LogP contribution in [0.1, 0.15) is 75.6 Å². The van der Waals surface area contributed by atoms with Crippen molar-refractivity contribution < 1.29 is 9.59 Å². The first-order valence-electron chi connectivity index (χ1n) is 14.4. The van der Waals surface area contributed by atoms with Crippen molar-refractivity contribution >= 4 is 28.8 Å². The van der Waals surface area contributed by atoms with E-state index in [-0.39, 0.29) is 17.1 Å². The van der Waals surface area contributed by atoms with E-state index in [4.69, 9.17) is 0 Å². The zero-order valence-electron chi connectivity index (χ0n) is 22.9. The molecule has 0 saturated carbocycles. The summed E-state index contributed by atoms with van der Waals surface area (Å²) < 4.78 is 1.96.